The Bertz CT molecular complexity index is 4440. The SMILES string of the molecule is [2H]C([2H])([2H])n1c2ccccc2c2c(-c3ccccc3)c3c4ccccc4n(C([2H])([2H])[2H])c3c(N3[CH-]N(c4[c-]c(Oc5[c-]c6c(cc5)c5ncccc5n6-c5cc(C(C)(C)c6ccccc6)ccn5)ccc4)c4ccccc43)c21.[Pt]. The number of aryl methyl sites for hydroxylation is 2. The third-order valence-electron chi connectivity index (χ3n) is 14.5. The van der Waals surface area contributed by atoms with Crippen molar-refractivity contribution in [3.8, 4) is 28.4 Å². The molecule has 0 bridgehead atoms. The molecule has 0 fully saturated rings. The summed E-state index contributed by atoms with van der Waals surface area (Å²) in [6.45, 7) is 0.933. The molecule has 73 heavy (non-hydrogen) atoms. The van der Waals surface area contributed by atoms with Crippen LogP contribution < -0.4 is 14.5 Å². The summed E-state index contributed by atoms with van der Waals surface area (Å²) >= 11 is 0. The van der Waals surface area contributed by atoms with Crippen molar-refractivity contribution in [2.24, 2.45) is 14.0 Å². The van der Waals surface area contributed by atoms with Crippen LogP contribution in [-0.2, 0) is 40.4 Å². The molecule has 0 spiro atoms. The maximum Gasteiger partial charge on any atom is 0.135 e. The molecule has 8 aromatic carbocycles. The first-order chi connectivity index (χ1) is 37.8. The zero-order valence-electron chi connectivity index (χ0n) is 45.5. The standard InChI is InChI=1S/C64H46N7O.Pt/c1-64(2,42-21-9-6-10-22-42)43-34-36-65-56(37-43)71-54-31-18-35-66-60(54)49-33-32-46(39-55(49)71)72-45-24-17-23-44(38-45)69-40-70(53-30-16-15-29-52(53)69)63-61-58(47-25-11-13-27-50(47)67(61)3)57(41-19-7-5-8-20-41)59-48-26-12-14-28-51(48)68(4)62(59)63;/h5-37,40H,1-4H3;/q-3;/i3D3,4D3;. The first kappa shape index (κ1) is 38.3. The van der Waals surface area contributed by atoms with E-state index in [4.69, 9.17) is 14.7 Å². The van der Waals surface area contributed by atoms with E-state index in [0.29, 0.717) is 61.4 Å². The van der Waals surface area contributed by atoms with Crippen LogP contribution in [0, 0.1) is 18.8 Å². The van der Waals surface area contributed by atoms with Crippen molar-refractivity contribution in [3.63, 3.8) is 0 Å². The van der Waals surface area contributed by atoms with Crippen LogP contribution in [0.4, 0.5) is 22.7 Å². The van der Waals surface area contributed by atoms with Gasteiger partial charge in [-0.05, 0) is 65.2 Å². The Hall–Kier alpha value is -8.45. The van der Waals surface area contributed by atoms with Gasteiger partial charge in [0, 0.05) is 128 Å². The number of fused-ring (bicyclic) bond motifs is 10. The first-order valence-electron chi connectivity index (χ1n) is 26.9. The Morgan fingerprint density at radius 1 is 0.548 bits per heavy atom. The molecule has 5 aromatic heterocycles. The summed E-state index contributed by atoms with van der Waals surface area (Å²) < 4.78 is 66.9. The Morgan fingerprint density at radius 2 is 1.18 bits per heavy atom. The van der Waals surface area contributed by atoms with Crippen LogP contribution in [0.5, 0.6) is 11.5 Å². The average molecular weight is 1130 g/mol. The smallest absolute Gasteiger partial charge is 0.135 e. The van der Waals surface area contributed by atoms with Crippen molar-refractivity contribution in [1.82, 2.24) is 23.7 Å². The van der Waals surface area contributed by atoms with Gasteiger partial charge in [0.1, 0.15) is 5.82 Å². The van der Waals surface area contributed by atoms with Crippen molar-refractivity contribution in [3.05, 3.63) is 230 Å². The van der Waals surface area contributed by atoms with Gasteiger partial charge in [-0.1, -0.05) is 134 Å². The van der Waals surface area contributed by atoms with Gasteiger partial charge >= 0.3 is 0 Å². The molecule has 0 aliphatic carbocycles. The summed E-state index contributed by atoms with van der Waals surface area (Å²) in [4.78, 5) is 13.6. The predicted molar refractivity (Wildman–Crippen MR) is 294 cm³/mol. The maximum atomic E-state index is 9.22. The van der Waals surface area contributed by atoms with Crippen LogP contribution in [0.1, 0.15) is 33.2 Å². The van der Waals surface area contributed by atoms with Gasteiger partial charge in [0.2, 0.25) is 0 Å². The number of hydrogen-bond acceptors (Lipinski definition) is 5. The minimum atomic E-state index is -2.70. The van der Waals surface area contributed by atoms with E-state index >= 15 is 0 Å². The fourth-order valence-electron chi connectivity index (χ4n) is 11.0. The van der Waals surface area contributed by atoms with E-state index in [0.717, 1.165) is 60.9 Å². The van der Waals surface area contributed by atoms with Crippen LogP contribution in [0.2, 0.25) is 0 Å². The van der Waals surface area contributed by atoms with Crippen LogP contribution >= 0.6 is 0 Å². The number of pyridine rings is 2. The van der Waals surface area contributed by atoms with Gasteiger partial charge in [-0.2, -0.15) is 12.1 Å². The summed E-state index contributed by atoms with van der Waals surface area (Å²) in [5.74, 6) is 1.59. The number of benzene rings is 8. The number of para-hydroxylation sites is 4. The molecule has 1 aliphatic rings. The van der Waals surface area contributed by atoms with E-state index in [1.165, 1.54) is 14.7 Å². The molecule has 8 nitrogen and oxygen atoms in total. The zero-order chi connectivity index (χ0) is 53.2. The molecule has 356 valence electrons. The molecular weight excluding hydrogens is 1080 g/mol. The number of aromatic nitrogens is 5. The molecule has 6 heterocycles. The number of rotatable bonds is 8. The second kappa shape index (κ2) is 17.1. The van der Waals surface area contributed by atoms with Crippen LogP contribution in [-0.4, -0.2) is 23.7 Å². The fraction of sp³-hybridized carbons (Fsp3) is 0.0781. The van der Waals surface area contributed by atoms with Gasteiger partial charge in [0.05, 0.1) is 22.2 Å². The average Bonchev–Trinajstić information content (AvgIpc) is 3.19. The second-order valence-corrected chi connectivity index (χ2v) is 18.8. The van der Waals surface area contributed by atoms with Crippen molar-refractivity contribution in [2.45, 2.75) is 19.3 Å². The molecule has 1 aliphatic heterocycles. The van der Waals surface area contributed by atoms with Crippen LogP contribution in [0.3, 0.4) is 0 Å². The minimum absolute atomic E-state index is 0. The molecule has 13 aromatic rings. The Morgan fingerprint density at radius 3 is 1.89 bits per heavy atom. The first-order valence-corrected chi connectivity index (χ1v) is 23.9. The Balaban J connectivity index is 0.00000591. The summed E-state index contributed by atoms with van der Waals surface area (Å²) in [6, 6.07) is 67.9. The van der Waals surface area contributed by atoms with Gasteiger partial charge in [0.15, 0.2) is 0 Å². The van der Waals surface area contributed by atoms with E-state index in [1.807, 2.05) is 174 Å². The van der Waals surface area contributed by atoms with Gasteiger partial charge in [0.25, 0.3) is 0 Å². The van der Waals surface area contributed by atoms with E-state index < -0.39 is 14.0 Å². The molecule has 0 saturated heterocycles. The molecular formula is C64H46N7OPt-3. The number of anilines is 4. The summed E-state index contributed by atoms with van der Waals surface area (Å²) in [7, 11) is 0. The van der Waals surface area contributed by atoms with Crippen molar-refractivity contribution >= 4 is 88.3 Å². The van der Waals surface area contributed by atoms with Crippen molar-refractivity contribution in [2.75, 3.05) is 9.80 Å². The third-order valence-corrected chi connectivity index (χ3v) is 14.5. The van der Waals surface area contributed by atoms with Crippen LogP contribution in [0.15, 0.2) is 200 Å². The summed E-state index contributed by atoms with van der Waals surface area (Å²) in [5, 5.41) is 3.73. The van der Waals surface area contributed by atoms with Gasteiger partial charge in [-0.25, -0.2) is 4.98 Å². The van der Waals surface area contributed by atoms with Crippen LogP contribution in [0.25, 0.3) is 82.5 Å². The summed E-state index contributed by atoms with van der Waals surface area (Å²) in [6.07, 6.45) is 3.64. The van der Waals surface area contributed by atoms with E-state index in [-0.39, 0.29) is 26.5 Å². The summed E-state index contributed by atoms with van der Waals surface area (Å²) in [5.41, 5.74) is 10.2. The maximum absolute atomic E-state index is 9.22. The molecule has 0 radical (unpaired) electrons. The molecule has 0 amide bonds. The van der Waals surface area contributed by atoms with E-state index in [2.05, 4.69) is 66.9 Å². The quantitative estimate of drug-likeness (QED) is 0.142. The molecule has 0 saturated carbocycles. The van der Waals surface area contributed by atoms with Crippen molar-refractivity contribution < 1.29 is 34.0 Å². The normalized spacial score (nSPS) is 14.3. The predicted octanol–water partition coefficient (Wildman–Crippen LogP) is 15.7. The fourth-order valence-corrected chi connectivity index (χ4v) is 11.0. The second-order valence-electron chi connectivity index (χ2n) is 18.8. The third kappa shape index (κ3) is 6.77. The van der Waals surface area contributed by atoms with Gasteiger partial charge in [-0.3, -0.25) is 4.98 Å². The van der Waals surface area contributed by atoms with Crippen molar-refractivity contribution in [1.29, 1.82) is 0 Å². The zero-order valence-corrected chi connectivity index (χ0v) is 41.8. The topological polar surface area (TPSA) is 56.3 Å². The van der Waals surface area contributed by atoms with Gasteiger partial charge < -0.3 is 28.2 Å². The number of ether oxygens (including phenoxy) is 1. The molecule has 9 heteroatoms. The molecule has 0 atom stereocenters. The Kier molecular flexibility index (Phi) is 8.97. The molecule has 14 rings (SSSR count). The largest absolute Gasteiger partial charge is 0.509 e. The van der Waals surface area contributed by atoms with E-state index in [1.54, 1.807) is 6.20 Å². The minimum Gasteiger partial charge on any atom is -0.509 e. The monoisotopic (exact) mass is 1130 g/mol. The molecule has 0 unspecified atom stereocenters. The Labute approximate surface area is 445 Å². The number of hydrogen-bond donors (Lipinski definition) is 0. The van der Waals surface area contributed by atoms with Gasteiger partial charge in [-0.15, -0.1) is 42.7 Å². The van der Waals surface area contributed by atoms with E-state index in [9.17, 15) is 8.22 Å². The number of nitrogens with zero attached hydrogens (tertiary/aromatic N) is 7. The molecule has 0 N–H and O–H groups in total.